The lowest BCUT2D eigenvalue weighted by Crippen LogP contribution is -1.92. The summed E-state index contributed by atoms with van der Waals surface area (Å²) in [7, 11) is 0. The molecule has 1 heteroatoms. The van der Waals surface area contributed by atoms with E-state index in [0.29, 0.717) is 5.88 Å². The molecule has 2 aromatic carbocycles. The fraction of sp³-hybridized carbons (Fsp3) is 0.111. The fourth-order valence-electron chi connectivity index (χ4n) is 2.52. The predicted octanol–water partition coefficient (Wildman–Crippen LogP) is 5.23. The van der Waals surface area contributed by atoms with E-state index < -0.39 is 0 Å². The quantitative estimate of drug-likeness (QED) is 0.557. The van der Waals surface area contributed by atoms with E-state index in [1.807, 2.05) is 0 Å². The molecule has 0 fully saturated rings. The van der Waals surface area contributed by atoms with Crippen molar-refractivity contribution in [2.24, 2.45) is 0 Å². The van der Waals surface area contributed by atoms with Gasteiger partial charge in [-0.1, -0.05) is 66.8 Å². The molecule has 0 N–H and O–H groups in total. The van der Waals surface area contributed by atoms with E-state index in [2.05, 4.69) is 66.8 Å². The van der Waals surface area contributed by atoms with E-state index in [1.54, 1.807) is 0 Å². The molecule has 1 aliphatic rings. The van der Waals surface area contributed by atoms with Crippen molar-refractivity contribution in [3.63, 3.8) is 0 Å². The van der Waals surface area contributed by atoms with Gasteiger partial charge in [0.1, 0.15) is 0 Å². The van der Waals surface area contributed by atoms with Crippen molar-refractivity contribution in [3.05, 3.63) is 76.9 Å². The van der Waals surface area contributed by atoms with E-state index >= 15 is 0 Å². The third kappa shape index (κ3) is 2.36. The number of alkyl halides is 1. The van der Waals surface area contributed by atoms with Crippen molar-refractivity contribution in [2.75, 3.05) is 5.88 Å². The second-order valence-electron chi connectivity index (χ2n) is 4.60. The molecule has 0 atom stereocenters. The predicted molar refractivity (Wildman–Crippen MR) is 84.2 cm³/mol. The molecular weight excluding hydrogens is 252 g/mol. The van der Waals surface area contributed by atoms with Crippen molar-refractivity contribution < 1.29 is 0 Å². The van der Waals surface area contributed by atoms with Crippen LogP contribution in [0.1, 0.15) is 28.7 Å². The number of benzene rings is 2. The van der Waals surface area contributed by atoms with Gasteiger partial charge in [-0.2, -0.15) is 0 Å². The number of allylic oxidation sites excluding steroid dienone is 1. The second-order valence-corrected chi connectivity index (χ2v) is 4.98. The Hall–Kier alpha value is -1.79. The average Bonchev–Trinajstić information content (AvgIpc) is 2.62. The number of hydrogen-bond donors (Lipinski definition) is 0. The molecule has 0 aromatic heterocycles. The maximum absolute atomic E-state index is 5.86. The van der Waals surface area contributed by atoms with Gasteiger partial charge in [-0.3, -0.25) is 0 Å². The van der Waals surface area contributed by atoms with E-state index in [-0.39, 0.29) is 0 Å². The molecule has 0 nitrogen and oxygen atoms in total. The van der Waals surface area contributed by atoms with Gasteiger partial charge >= 0.3 is 0 Å². The molecule has 3 rings (SSSR count). The molecule has 0 saturated carbocycles. The van der Waals surface area contributed by atoms with Gasteiger partial charge in [0.15, 0.2) is 0 Å². The minimum Gasteiger partial charge on any atom is -0.126 e. The highest BCUT2D eigenvalue weighted by Crippen LogP contribution is 2.33. The van der Waals surface area contributed by atoms with Crippen molar-refractivity contribution in [1.29, 1.82) is 0 Å². The van der Waals surface area contributed by atoms with Gasteiger partial charge in [0, 0.05) is 5.88 Å². The van der Waals surface area contributed by atoms with Crippen LogP contribution in [0.4, 0.5) is 0 Å². The standard InChI is InChI=1S/C18H15Cl/c19-13-5-10-18-16-8-3-1-6-14(16)11-12-15-7-2-4-9-17(15)18/h1-4,6-12H,5,13H2. The normalized spacial score (nSPS) is 12.6. The minimum absolute atomic E-state index is 0.654. The average molecular weight is 267 g/mol. The van der Waals surface area contributed by atoms with Crippen LogP contribution in [-0.2, 0) is 0 Å². The molecule has 0 bridgehead atoms. The molecule has 0 aliphatic heterocycles. The lowest BCUT2D eigenvalue weighted by atomic mass is 9.93. The highest BCUT2D eigenvalue weighted by molar-refractivity contribution is 6.18. The second kappa shape index (κ2) is 5.46. The summed E-state index contributed by atoms with van der Waals surface area (Å²) in [5.41, 5.74) is 6.39. The Labute approximate surface area is 119 Å². The topological polar surface area (TPSA) is 0 Å². The molecule has 0 unspecified atom stereocenters. The molecular formula is C18H15Cl. The van der Waals surface area contributed by atoms with Gasteiger partial charge in [0.25, 0.3) is 0 Å². The maximum atomic E-state index is 5.86. The van der Waals surface area contributed by atoms with E-state index in [0.717, 1.165) is 6.42 Å². The molecule has 0 amide bonds. The first-order valence-corrected chi connectivity index (χ1v) is 7.06. The van der Waals surface area contributed by atoms with Crippen LogP contribution in [0.3, 0.4) is 0 Å². The van der Waals surface area contributed by atoms with Crippen molar-refractivity contribution in [3.8, 4) is 0 Å². The van der Waals surface area contributed by atoms with Gasteiger partial charge in [0.2, 0.25) is 0 Å². The SMILES string of the molecule is ClCCC=C1c2ccccc2C=Cc2ccccc21. The molecule has 94 valence electrons. The first kappa shape index (κ1) is 12.3. The Bertz CT molecular complexity index is 599. The summed E-state index contributed by atoms with van der Waals surface area (Å²) in [5, 5.41) is 0. The number of hydrogen-bond acceptors (Lipinski definition) is 0. The largest absolute Gasteiger partial charge is 0.126 e. The summed E-state index contributed by atoms with van der Waals surface area (Å²) in [6.45, 7) is 0. The summed E-state index contributed by atoms with van der Waals surface area (Å²) >= 11 is 5.86. The smallest absolute Gasteiger partial charge is 0.0258 e. The van der Waals surface area contributed by atoms with Crippen LogP contribution in [-0.4, -0.2) is 5.88 Å². The van der Waals surface area contributed by atoms with Crippen molar-refractivity contribution in [1.82, 2.24) is 0 Å². The lowest BCUT2D eigenvalue weighted by molar-refractivity contribution is 1.23. The first-order chi connectivity index (χ1) is 9.40. The van der Waals surface area contributed by atoms with E-state index in [1.165, 1.54) is 27.8 Å². The minimum atomic E-state index is 0.654. The van der Waals surface area contributed by atoms with Crippen LogP contribution in [0.2, 0.25) is 0 Å². The third-order valence-corrected chi connectivity index (χ3v) is 3.62. The fourth-order valence-corrected chi connectivity index (χ4v) is 2.63. The van der Waals surface area contributed by atoms with Crippen molar-refractivity contribution >= 4 is 29.3 Å². The van der Waals surface area contributed by atoms with Crippen LogP contribution < -0.4 is 0 Å². The van der Waals surface area contributed by atoms with Crippen LogP contribution in [0.25, 0.3) is 17.7 Å². The van der Waals surface area contributed by atoms with E-state index in [4.69, 9.17) is 11.6 Å². The summed E-state index contributed by atoms with van der Waals surface area (Å²) in [6, 6.07) is 17.0. The van der Waals surface area contributed by atoms with Crippen LogP contribution in [0.15, 0.2) is 54.6 Å². The van der Waals surface area contributed by atoms with Gasteiger partial charge in [-0.25, -0.2) is 0 Å². The molecule has 1 aliphatic carbocycles. The number of fused-ring (bicyclic) bond motifs is 2. The van der Waals surface area contributed by atoms with Gasteiger partial charge in [-0.15, -0.1) is 11.6 Å². The van der Waals surface area contributed by atoms with Gasteiger partial charge < -0.3 is 0 Å². The number of halogens is 1. The molecule has 0 radical (unpaired) electrons. The molecule has 0 heterocycles. The van der Waals surface area contributed by atoms with Crippen LogP contribution in [0.5, 0.6) is 0 Å². The van der Waals surface area contributed by atoms with E-state index in [9.17, 15) is 0 Å². The number of rotatable bonds is 2. The maximum Gasteiger partial charge on any atom is 0.0258 e. The zero-order valence-corrected chi connectivity index (χ0v) is 11.4. The zero-order chi connectivity index (χ0) is 13.1. The summed E-state index contributed by atoms with van der Waals surface area (Å²) < 4.78 is 0. The van der Waals surface area contributed by atoms with Crippen LogP contribution >= 0.6 is 11.6 Å². The Morgan fingerprint density at radius 2 is 1.32 bits per heavy atom. The summed E-state index contributed by atoms with van der Waals surface area (Å²) in [5.74, 6) is 0.654. The zero-order valence-electron chi connectivity index (χ0n) is 10.6. The lowest BCUT2D eigenvalue weighted by Gasteiger charge is -2.11. The molecule has 0 saturated heterocycles. The third-order valence-electron chi connectivity index (χ3n) is 3.40. The Kier molecular flexibility index (Phi) is 3.52. The van der Waals surface area contributed by atoms with Gasteiger partial charge in [-0.05, 0) is 34.2 Å². The summed E-state index contributed by atoms with van der Waals surface area (Å²) in [4.78, 5) is 0. The molecule has 2 aromatic rings. The van der Waals surface area contributed by atoms with Gasteiger partial charge in [0.05, 0.1) is 0 Å². The Morgan fingerprint density at radius 3 is 1.84 bits per heavy atom. The van der Waals surface area contributed by atoms with Crippen LogP contribution in [0, 0.1) is 0 Å². The highest BCUT2D eigenvalue weighted by Gasteiger charge is 2.13. The highest BCUT2D eigenvalue weighted by atomic mass is 35.5. The molecule has 0 spiro atoms. The summed E-state index contributed by atoms with van der Waals surface area (Å²) in [6.07, 6.45) is 7.52. The Morgan fingerprint density at radius 1 is 0.789 bits per heavy atom. The monoisotopic (exact) mass is 266 g/mol. The Balaban J connectivity index is 2.24. The first-order valence-electron chi connectivity index (χ1n) is 6.53. The van der Waals surface area contributed by atoms with Crippen molar-refractivity contribution in [2.45, 2.75) is 6.42 Å². The molecule has 19 heavy (non-hydrogen) atoms.